The summed E-state index contributed by atoms with van der Waals surface area (Å²) in [5.41, 5.74) is 4.80. The van der Waals surface area contributed by atoms with Crippen molar-refractivity contribution in [2.45, 2.75) is 25.3 Å². The predicted octanol–water partition coefficient (Wildman–Crippen LogP) is -0.731. The van der Waals surface area contributed by atoms with Gasteiger partial charge in [-0.1, -0.05) is 11.8 Å². The van der Waals surface area contributed by atoms with E-state index in [2.05, 4.69) is 9.47 Å². The fourth-order valence-electron chi connectivity index (χ4n) is 2.32. The van der Waals surface area contributed by atoms with E-state index in [0.717, 1.165) is 23.6 Å². The van der Waals surface area contributed by atoms with Gasteiger partial charge < -0.3 is 25.1 Å². The average Bonchev–Trinajstić information content (AvgIpc) is 2.78. The van der Waals surface area contributed by atoms with Crippen LogP contribution in [-0.2, 0) is 28.6 Å². The number of thioether (sulfide) groups is 1. The lowest BCUT2D eigenvalue weighted by Crippen LogP contribution is -2.60. The number of β-lactam (4-membered cyclic amide) rings is 1. The summed E-state index contributed by atoms with van der Waals surface area (Å²) in [5, 5.41) is 9.16. The largest absolute Gasteiger partial charge is 0.444 e. The molecule has 3 atom stereocenters. The van der Waals surface area contributed by atoms with Crippen LogP contribution >= 0.6 is 11.8 Å². The zero-order chi connectivity index (χ0) is 18.0. The van der Waals surface area contributed by atoms with Crippen LogP contribution in [0, 0.1) is 5.92 Å². The van der Waals surface area contributed by atoms with Crippen molar-refractivity contribution in [2.24, 2.45) is 11.7 Å². The van der Waals surface area contributed by atoms with Gasteiger partial charge in [-0.3, -0.25) is 14.5 Å². The zero-order valence-corrected chi connectivity index (χ0v) is 13.7. The van der Waals surface area contributed by atoms with Gasteiger partial charge in [-0.2, -0.15) is 0 Å². The highest BCUT2D eigenvalue weighted by Crippen LogP contribution is 2.50. The third kappa shape index (κ3) is 3.46. The fourth-order valence-corrected chi connectivity index (χ4v) is 3.83. The van der Waals surface area contributed by atoms with Gasteiger partial charge in [0.1, 0.15) is 17.7 Å². The van der Waals surface area contributed by atoms with Crippen molar-refractivity contribution < 1.29 is 38.5 Å². The molecule has 2 rings (SSSR count). The molecule has 0 unspecified atom stereocenters. The summed E-state index contributed by atoms with van der Waals surface area (Å²) >= 11 is 1.10. The van der Waals surface area contributed by atoms with Crippen LogP contribution in [0.1, 0.15) is 13.8 Å². The molecule has 2 aliphatic rings. The summed E-state index contributed by atoms with van der Waals surface area (Å²) < 4.78 is 14.0. The lowest BCUT2D eigenvalue weighted by molar-refractivity contribution is -0.168. The maximum atomic E-state index is 12.2. The van der Waals surface area contributed by atoms with E-state index in [1.54, 1.807) is 0 Å². The van der Waals surface area contributed by atoms with E-state index < -0.39 is 48.1 Å². The van der Waals surface area contributed by atoms with E-state index in [-0.39, 0.29) is 17.2 Å². The van der Waals surface area contributed by atoms with Gasteiger partial charge in [0.05, 0.1) is 16.9 Å². The van der Waals surface area contributed by atoms with Gasteiger partial charge in [-0.15, -0.1) is 0 Å². The van der Waals surface area contributed by atoms with Crippen LogP contribution in [0.25, 0.3) is 0 Å². The van der Waals surface area contributed by atoms with Crippen LogP contribution < -0.4 is 5.73 Å². The van der Waals surface area contributed by atoms with Crippen LogP contribution in [0.5, 0.6) is 0 Å². The highest BCUT2D eigenvalue weighted by molar-refractivity contribution is 8.04. The summed E-state index contributed by atoms with van der Waals surface area (Å²) in [4.78, 5) is 47.2. The Balaban J connectivity index is 2.15. The molecular weight excluding hydrogens is 344 g/mol. The van der Waals surface area contributed by atoms with Crippen molar-refractivity contribution in [3.8, 4) is 0 Å². The van der Waals surface area contributed by atoms with Gasteiger partial charge in [0.15, 0.2) is 0 Å². The first-order valence-electron chi connectivity index (χ1n) is 6.87. The monoisotopic (exact) mass is 360 g/mol. The number of ether oxygens (including phenoxy) is 3. The zero-order valence-electron chi connectivity index (χ0n) is 12.9. The highest BCUT2D eigenvalue weighted by Gasteiger charge is 2.57. The lowest BCUT2D eigenvalue weighted by atomic mass is 9.92. The fraction of sp³-hybridized carbons (Fsp3) is 0.538. The summed E-state index contributed by atoms with van der Waals surface area (Å²) in [6.07, 6.45) is -1.94. The molecule has 0 aromatic carbocycles. The SMILES string of the molecule is CC(=O)OCOC(=O)C1=C(COC(N)=O)S[C@@H]2[C@@H]([C@@H](C)O)C(=O)N12. The number of nitrogens with two attached hydrogens (primary N) is 1. The molecule has 0 radical (unpaired) electrons. The number of primary amides is 1. The number of hydrogen-bond acceptors (Lipinski definition) is 9. The second-order valence-corrected chi connectivity index (χ2v) is 6.26. The summed E-state index contributed by atoms with van der Waals surface area (Å²) in [6, 6.07) is 0. The van der Waals surface area contributed by atoms with Crippen molar-refractivity contribution in [3.05, 3.63) is 10.6 Å². The number of esters is 2. The third-order valence-corrected chi connectivity index (χ3v) is 4.70. The Morgan fingerprint density at radius 1 is 1.33 bits per heavy atom. The number of aliphatic hydroxyl groups excluding tert-OH is 1. The number of fused-ring (bicyclic) bond motifs is 1. The van der Waals surface area contributed by atoms with Gasteiger partial charge in [-0.05, 0) is 6.92 Å². The molecular formula is C13H16N2O8S. The Labute approximate surface area is 140 Å². The summed E-state index contributed by atoms with van der Waals surface area (Å²) in [5.74, 6) is -2.68. The minimum atomic E-state index is -1.04. The van der Waals surface area contributed by atoms with E-state index in [4.69, 9.17) is 10.5 Å². The molecule has 2 aliphatic heterocycles. The molecule has 2 heterocycles. The number of rotatable bonds is 6. The Kier molecular flexibility index (Phi) is 5.34. The standard InChI is InChI=1S/C13H16N2O8S/c1-5(16)8-10(18)15-9(12(19)23-4-22-6(2)17)7(24-11(8)15)3-21-13(14)20/h5,8,11,16H,3-4H2,1-2H3,(H2,14,20)/t5-,8+,11-/m1/s1. The molecule has 0 aromatic heterocycles. The number of hydrogen-bond donors (Lipinski definition) is 2. The Morgan fingerprint density at radius 3 is 2.54 bits per heavy atom. The minimum absolute atomic E-state index is 0.111. The van der Waals surface area contributed by atoms with Gasteiger partial charge in [0.25, 0.3) is 0 Å². The molecule has 1 saturated heterocycles. The second kappa shape index (κ2) is 7.09. The van der Waals surface area contributed by atoms with E-state index >= 15 is 0 Å². The number of aliphatic hydroxyl groups is 1. The Morgan fingerprint density at radius 2 is 2.00 bits per heavy atom. The molecule has 132 valence electrons. The first-order chi connectivity index (χ1) is 11.2. The Hall–Kier alpha value is -2.27. The maximum absolute atomic E-state index is 12.2. The number of nitrogens with zero attached hydrogens (tertiary/aromatic N) is 1. The van der Waals surface area contributed by atoms with Gasteiger partial charge in [0, 0.05) is 6.92 Å². The van der Waals surface area contributed by atoms with Crippen LogP contribution in [0.3, 0.4) is 0 Å². The molecule has 2 amide bonds. The van der Waals surface area contributed by atoms with Crippen molar-refractivity contribution in [1.29, 1.82) is 0 Å². The number of carbonyl (C=O) groups excluding carboxylic acids is 4. The third-order valence-electron chi connectivity index (χ3n) is 3.36. The van der Waals surface area contributed by atoms with Crippen LogP contribution in [0.15, 0.2) is 10.6 Å². The molecule has 0 saturated carbocycles. The molecule has 0 aromatic rings. The van der Waals surface area contributed by atoms with E-state index in [0.29, 0.717) is 0 Å². The number of carbonyl (C=O) groups is 4. The first-order valence-corrected chi connectivity index (χ1v) is 7.75. The predicted molar refractivity (Wildman–Crippen MR) is 78.7 cm³/mol. The lowest BCUT2D eigenvalue weighted by Gasteiger charge is -2.43. The van der Waals surface area contributed by atoms with Gasteiger partial charge >= 0.3 is 18.0 Å². The number of amides is 2. The molecule has 0 bridgehead atoms. The molecule has 1 fully saturated rings. The van der Waals surface area contributed by atoms with Crippen molar-refractivity contribution in [1.82, 2.24) is 4.90 Å². The summed E-state index contributed by atoms with van der Waals surface area (Å²) in [7, 11) is 0. The first kappa shape index (κ1) is 18.1. The quantitative estimate of drug-likeness (QED) is 0.355. The van der Waals surface area contributed by atoms with E-state index in [9.17, 15) is 24.3 Å². The average molecular weight is 360 g/mol. The van der Waals surface area contributed by atoms with Crippen molar-refractivity contribution in [2.75, 3.05) is 13.4 Å². The molecule has 24 heavy (non-hydrogen) atoms. The molecule has 0 aliphatic carbocycles. The van der Waals surface area contributed by atoms with E-state index in [1.807, 2.05) is 0 Å². The minimum Gasteiger partial charge on any atom is -0.444 e. The molecule has 0 spiro atoms. The van der Waals surface area contributed by atoms with Gasteiger partial charge in [0.2, 0.25) is 12.7 Å². The van der Waals surface area contributed by atoms with Crippen LogP contribution in [0.4, 0.5) is 4.79 Å². The molecule has 3 N–H and O–H groups in total. The Bertz CT molecular complexity index is 617. The molecule has 11 heteroatoms. The summed E-state index contributed by atoms with van der Waals surface area (Å²) in [6.45, 7) is 1.69. The maximum Gasteiger partial charge on any atom is 0.404 e. The van der Waals surface area contributed by atoms with E-state index in [1.165, 1.54) is 6.92 Å². The van der Waals surface area contributed by atoms with Crippen molar-refractivity contribution >= 4 is 35.7 Å². The van der Waals surface area contributed by atoms with Crippen LogP contribution in [0.2, 0.25) is 0 Å². The van der Waals surface area contributed by atoms with Gasteiger partial charge in [-0.25, -0.2) is 9.59 Å². The molecule has 10 nitrogen and oxygen atoms in total. The highest BCUT2D eigenvalue weighted by atomic mass is 32.2. The van der Waals surface area contributed by atoms with Crippen LogP contribution in [-0.4, -0.2) is 58.8 Å². The smallest absolute Gasteiger partial charge is 0.404 e. The topological polar surface area (TPSA) is 145 Å². The van der Waals surface area contributed by atoms with Crippen molar-refractivity contribution in [3.63, 3.8) is 0 Å². The normalized spacial score (nSPS) is 23.3. The second-order valence-electron chi connectivity index (χ2n) is 5.05.